The lowest BCUT2D eigenvalue weighted by molar-refractivity contribution is 0.0215. The van der Waals surface area contributed by atoms with Crippen LogP contribution in [0.4, 0.5) is 0 Å². The molecule has 1 aliphatic heterocycles. The quantitative estimate of drug-likeness (QED) is 0.785. The van der Waals surface area contributed by atoms with Crippen molar-refractivity contribution in [2.24, 2.45) is 5.73 Å². The Morgan fingerprint density at radius 3 is 2.50 bits per heavy atom. The van der Waals surface area contributed by atoms with E-state index in [1.165, 1.54) is 38.8 Å². The maximum Gasteiger partial charge on any atom is 0.0233 e. The third-order valence-corrected chi connectivity index (χ3v) is 4.46. The highest BCUT2D eigenvalue weighted by Crippen LogP contribution is 2.28. The van der Waals surface area contributed by atoms with Crippen LogP contribution in [0.15, 0.2) is 0 Å². The molecule has 0 aromatic rings. The van der Waals surface area contributed by atoms with Crippen LogP contribution in [0.5, 0.6) is 0 Å². The first kappa shape index (κ1) is 12.3. The van der Waals surface area contributed by atoms with Crippen LogP contribution in [0.3, 0.4) is 0 Å². The standard InChI is InChI=1S/C13H27N3/c1-11-9-15(2)13(7-8-14)10-16(11)12-5-3-4-6-12/h11-13H,3-10,14H2,1-2H3. The van der Waals surface area contributed by atoms with E-state index in [1.54, 1.807) is 0 Å². The summed E-state index contributed by atoms with van der Waals surface area (Å²) in [5, 5.41) is 0. The third-order valence-electron chi connectivity index (χ3n) is 4.46. The second-order valence-electron chi connectivity index (χ2n) is 5.65. The summed E-state index contributed by atoms with van der Waals surface area (Å²) in [5.74, 6) is 0. The van der Waals surface area contributed by atoms with Gasteiger partial charge in [-0.1, -0.05) is 12.8 Å². The van der Waals surface area contributed by atoms with E-state index in [9.17, 15) is 0 Å². The molecule has 0 bridgehead atoms. The van der Waals surface area contributed by atoms with Crippen molar-refractivity contribution in [3.05, 3.63) is 0 Å². The zero-order valence-corrected chi connectivity index (χ0v) is 10.9. The highest BCUT2D eigenvalue weighted by atomic mass is 15.3. The summed E-state index contributed by atoms with van der Waals surface area (Å²) in [5.41, 5.74) is 5.71. The molecule has 0 radical (unpaired) electrons. The second kappa shape index (κ2) is 5.48. The summed E-state index contributed by atoms with van der Waals surface area (Å²) in [4.78, 5) is 5.26. The summed E-state index contributed by atoms with van der Waals surface area (Å²) >= 11 is 0. The monoisotopic (exact) mass is 225 g/mol. The number of likely N-dealkylation sites (N-methyl/N-ethyl adjacent to an activating group) is 1. The Kier molecular flexibility index (Phi) is 4.22. The van der Waals surface area contributed by atoms with Crippen LogP contribution < -0.4 is 5.73 Å². The van der Waals surface area contributed by atoms with Crippen molar-refractivity contribution in [2.75, 3.05) is 26.7 Å². The molecule has 0 spiro atoms. The zero-order chi connectivity index (χ0) is 11.5. The van der Waals surface area contributed by atoms with Crippen LogP contribution in [-0.4, -0.2) is 54.6 Å². The van der Waals surface area contributed by atoms with Gasteiger partial charge in [-0.3, -0.25) is 4.90 Å². The maximum absolute atomic E-state index is 5.71. The molecule has 0 aromatic carbocycles. The molecule has 2 fully saturated rings. The fraction of sp³-hybridized carbons (Fsp3) is 1.00. The minimum absolute atomic E-state index is 0.682. The van der Waals surface area contributed by atoms with Crippen molar-refractivity contribution in [1.29, 1.82) is 0 Å². The molecule has 2 unspecified atom stereocenters. The van der Waals surface area contributed by atoms with Crippen LogP contribution in [0.1, 0.15) is 39.0 Å². The molecule has 3 heteroatoms. The van der Waals surface area contributed by atoms with Gasteiger partial charge >= 0.3 is 0 Å². The van der Waals surface area contributed by atoms with E-state index in [4.69, 9.17) is 5.73 Å². The number of nitrogens with two attached hydrogens (primary N) is 1. The summed E-state index contributed by atoms with van der Waals surface area (Å²) < 4.78 is 0. The van der Waals surface area contributed by atoms with Crippen LogP contribution >= 0.6 is 0 Å². The average molecular weight is 225 g/mol. The highest BCUT2D eigenvalue weighted by Gasteiger charge is 2.34. The molecule has 1 aliphatic carbocycles. The van der Waals surface area contributed by atoms with Gasteiger partial charge in [0.25, 0.3) is 0 Å². The fourth-order valence-corrected chi connectivity index (χ4v) is 3.48. The predicted octanol–water partition coefficient (Wildman–Crippen LogP) is 1.28. The normalized spacial score (nSPS) is 34.7. The van der Waals surface area contributed by atoms with E-state index in [1.807, 2.05) is 0 Å². The van der Waals surface area contributed by atoms with Crippen LogP contribution in [0.25, 0.3) is 0 Å². The summed E-state index contributed by atoms with van der Waals surface area (Å²) in [7, 11) is 2.25. The lowest BCUT2D eigenvalue weighted by atomic mass is 10.0. The first-order valence-electron chi connectivity index (χ1n) is 6.88. The lowest BCUT2D eigenvalue weighted by Gasteiger charge is -2.46. The SMILES string of the molecule is CC1CN(C)C(CCN)CN1C1CCCC1. The Labute approximate surface area is 100.0 Å². The Hall–Kier alpha value is -0.120. The molecular weight excluding hydrogens is 198 g/mol. The second-order valence-corrected chi connectivity index (χ2v) is 5.65. The van der Waals surface area contributed by atoms with Crippen molar-refractivity contribution in [3.63, 3.8) is 0 Å². The van der Waals surface area contributed by atoms with E-state index in [2.05, 4.69) is 23.8 Å². The topological polar surface area (TPSA) is 32.5 Å². The number of nitrogens with zero attached hydrogens (tertiary/aromatic N) is 2. The summed E-state index contributed by atoms with van der Waals surface area (Å²) in [6, 6.07) is 2.27. The van der Waals surface area contributed by atoms with Crippen molar-refractivity contribution in [3.8, 4) is 0 Å². The number of hydrogen-bond acceptors (Lipinski definition) is 3. The van der Waals surface area contributed by atoms with E-state index in [-0.39, 0.29) is 0 Å². The van der Waals surface area contributed by atoms with Gasteiger partial charge in [-0.15, -0.1) is 0 Å². The van der Waals surface area contributed by atoms with Gasteiger partial charge in [-0.05, 0) is 39.8 Å². The van der Waals surface area contributed by atoms with Gasteiger partial charge in [0.1, 0.15) is 0 Å². The van der Waals surface area contributed by atoms with Crippen LogP contribution in [0, 0.1) is 0 Å². The van der Waals surface area contributed by atoms with Gasteiger partial charge in [0, 0.05) is 31.2 Å². The van der Waals surface area contributed by atoms with Gasteiger partial charge in [-0.2, -0.15) is 0 Å². The molecule has 2 rings (SSSR count). The van der Waals surface area contributed by atoms with Crippen LogP contribution in [-0.2, 0) is 0 Å². The average Bonchev–Trinajstić information content (AvgIpc) is 2.75. The van der Waals surface area contributed by atoms with Crippen LogP contribution in [0.2, 0.25) is 0 Å². The molecule has 94 valence electrons. The minimum atomic E-state index is 0.682. The van der Waals surface area contributed by atoms with Crippen molar-refractivity contribution in [2.45, 2.75) is 57.2 Å². The molecule has 1 saturated carbocycles. The van der Waals surface area contributed by atoms with Gasteiger partial charge in [0.2, 0.25) is 0 Å². The molecular formula is C13H27N3. The van der Waals surface area contributed by atoms with Crippen molar-refractivity contribution < 1.29 is 0 Å². The van der Waals surface area contributed by atoms with Crippen molar-refractivity contribution in [1.82, 2.24) is 9.80 Å². The number of rotatable bonds is 3. The molecule has 16 heavy (non-hydrogen) atoms. The van der Waals surface area contributed by atoms with E-state index in [0.29, 0.717) is 6.04 Å². The fourth-order valence-electron chi connectivity index (χ4n) is 3.48. The molecule has 3 nitrogen and oxygen atoms in total. The molecule has 2 atom stereocenters. The van der Waals surface area contributed by atoms with Gasteiger partial charge in [0.15, 0.2) is 0 Å². The zero-order valence-electron chi connectivity index (χ0n) is 10.9. The Morgan fingerprint density at radius 1 is 1.19 bits per heavy atom. The minimum Gasteiger partial charge on any atom is -0.330 e. The summed E-state index contributed by atoms with van der Waals surface area (Å²) in [6.45, 7) is 5.65. The predicted molar refractivity (Wildman–Crippen MR) is 68.5 cm³/mol. The molecule has 2 aliphatic rings. The van der Waals surface area contributed by atoms with E-state index < -0.39 is 0 Å². The lowest BCUT2D eigenvalue weighted by Crippen LogP contribution is -2.58. The Morgan fingerprint density at radius 2 is 1.88 bits per heavy atom. The van der Waals surface area contributed by atoms with Crippen molar-refractivity contribution >= 4 is 0 Å². The van der Waals surface area contributed by atoms with Gasteiger partial charge in [0.05, 0.1) is 0 Å². The van der Waals surface area contributed by atoms with Gasteiger partial charge in [-0.25, -0.2) is 0 Å². The van der Waals surface area contributed by atoms with E-state index in [0.717, 1.165) is 25.0 Å². The number of hydrogen-bond donors (Lipinski definition) is 1. The molecule has 0 amide bonds. The largest absolute Gasteiger partial charge is 0.330 e. The Balaban J connectivity index is 1.95. The molecule has 1 saturated heterocycles. The summed E-state index contributed by atoms with van der Waals surface area (Å²) in [6.07, 6.45) is 6.86. The highest BCUT2D eigenvalue weighted by molar-refractivity contribution is 4.90. The third kappa shape index (κ3) is 2.58. The first-order chi connectivity index (χ1) is 7.72. The maximum atomic E-state index is 5.71. The smallest absolute Gasteiger partial charge is 0.0233 e. The van der Waals surface area contributed by atoms with Gasteiger partial charge < -0.3 is 10.6 Å². The molecule has 0 aromatic heterocycles. The first-order valence-corrected chi connectivity index (χ1v) is 6.88. The van der Waals surface area contributed by atoms with E-state index >= 15 is 0 Å². The molecule has 2 N–H and O–H groups in total. The number of piperazine rings is 1. The molecule has 1 heterocycles. The Bertz CT molecular complexity index is 213.